The lowest BCUT2D eigenvalue weighted by Crippen LogP contribution is -2.33. The summed E-state index contributed by atoms with van der Waals surface area (Å²) in [6, 6.07) is 14.3. The van der Waals surface area contributed by atoms with E-state index in [2.05, 4.69) is 47.2 Å². The number of methoxy groups -OCH3 is 1. The number of nitrogens with zero attached hydrogens (tertiary/aromatic N) is 3. The molecule has 1 amide bonds. The summed E-state index contributed by atoms with van der Waals surface area (Å²) in [7, 11) is 5.74. The maximum absolute atomic E-state index is 12.7. The van der Waals surface area contributed by atoms with E-state index in [4.69, 9.17) is 9.47 Å². The number of amides is 1. The van der Waals surface area contributed by atoms with Crippen molar-refractivity contribution in [2.24, 2.45) is 0 Å². The molecule has 148 valence electrons. The number of carbonyl (C=O) groups excluding carboxylic acids is 1. The second-order valence-corrected chi connectivity index (χ2v) is 7.47. The number of likely N-dealkylation sites (N-methyl/N-ethyl adjacent to an activating group) is 2. The standard InChI is InChI=1S/C22H27N3O3/c1-23-12-13-28-20-14-17(6-9-19(20)23)22-24(2)15-21(26)25(22)11-10-16-4-7-18(27-3)8-5-16/h4-9,14,22H,10-13,15H2,1-3H3. The summed E-state index contributed by atoms with van der Waals surface area (Å²) in [5.74, 6) is 1.91. The van der Waals surface area contributed by atoms with E-state index in [1.165, 1.54) is 5.56 Å². The van der Waals surface area contributed by atoms with Crippen LogP contribution in [0, 0.1) is 0 Å². The Labute approximate surface area is 166 Å². The Kier molecular flexibility index (Phi) is 5.13. The van der Waals surface area contributed by atoms with E-state index < -0.39 is 0 Å². The van der Waals surface area contributed by atoms with Crippen molar-refractivity contribution < 1.29 is 14.3 Å². The molecule has 0 aromatic heterocycles. The molecule has 2 heterocycles. The number of rotatable bonds is 5. The fraction of sp³-hybridized carbons (Fsp3) is 0.409. The highest BCUT2D eigenvalue weighted by Gasteiger charge is 2.36. The van der Waals surface area contributed by atoms with Crippen LogP contribution in [0.2, 0.25) is 0 Å². The summed E-state index contributed by atoms with van der Waals surface area (Å²) < 4.78 is 11.1. The minimum Gasteiger partial charge on any atom is -0.497 e. The van der Waals surface area contributed by atoms with E-state index in [9.17, 15) is 4.79 Å². The third-order valence-electron chi connectivity index (χ3n) is 5.60. The van der Waals surface area contributed by atoms with Crippen LogP contribution in [0.4, 0.5) is 5.69 Å². The first kappa shape index (κ1) is 18.6. The second-order valence-electron chi connectivity index (χ2n) is 7.47. The molecule has 0 saturated carbocycles. The SMILES string of the molecule is COc1ccc(CCN2C(=O)CN(C)C2c2ccc3c(c2)OCCN3C)cc1. The van der Waals surface area contributed by atoms with Crippen LogP contribution in [0.15, 0.2) is 42.5 Å². The summed E-state index contributed by atoms with van der Waals surface area (Å²) in [4.78, 5) is 18.9. The molecule has 0 N–H and O–H groups in total. The lowest BCUT2D eigenvalue weighted by Gasteiger charge is -2.31. The quantitative estimate of drug-likeness (QED) is 0.797. The number of carbonyl (C=O) groups is 1. The van der Waals surface area contributed by atoms with Crippen LogP contribution in [0.25, 0.3) is 0 Å². The molecule has 0 radical (unpaired) electrons. The van der Waals surface area contributed by atoms with Crippen molar-refractivity contribution in [3.63, 3.8) is 0 Å². The molecule has 6 heteroatoms. The number of ether oxygens (including phenoxy) is 2. The summed E-state index contributed by atoms with van der Waals surface area (Å²) in [6.45, 7) is 2.69. The largest absolute Gasteiger partial charge is 0.497 e. The Balaban J connectivity index is 1.53. The van der Waals surface area contributed by atoms with Crippen molar-refractivity contribution in [3.05, 3.63) is 53.6 Å². The Hall–Kier alpha value is -2.73. The predicted octanol–water partition coefficient (Wildman–Crippen LogP) is 2.54. The van der Waals surface area contributed by atoms with Gasteiger partial charge >= 0.3 is 0 Å². The molecular formula is C22H27N3O3. The molecule has 1 unspecified atom stereocenters. The van der Waals surface area contributed by atoms with Crippen LogP contribution < -0.4 is 14.4 Å². The highest BCUT2D eigenvalue weighted by molar-refractivity contribution is 5.81. The van der Waals surface area contributed by atoms with Gasteiger partial charge in [0.05, 0.1) is 25.9 Å². The predicted molar refractivity (Wildman–Crippen MR) is 109 cm³/mol. The number of anilines is 1. The number of fused-ring (bicyclic) bond motifs is 1. The maximum Gasteiger partial charge on any atom is 0.238 e. The molecule has 1 atom stereocenters. The highest BCUT2D eigenvalue weighted by Crippen LogP contribution is 2.37. The fourth-order valence-corrected chi connectivity index (χ4v) is 4.02. The lowest BCUT2D eigenvalue weighted by atomic mass is 10.1. The first-order valence-corrected chi connectivity index (χ1v) is 9.67. The van der Waals surface area contributed by atoms with Gasteiger partial charge in [0.15, 0.2) is 0 Å². The van der Waals surface area contributed by atoms with Gasteiger partial charge in [0, 0.05) is 13.6 Å². The highest BCUT2D eigenvalue weighted by atomic mass is 16.5. The van der Waals surface area contributed by atoms with Crippen LogP contribution in [0.3, 0.4) is 0 Å². The average Bonchev–Trinajstić information content (AvgIpc) is 2.99. The van der Waals surface area contributed by atoms with Crippen molar-refractivity contribution >= 4 is 11.6 Å². The van der Waals surface area contributed by atoms with Crippen molar-refractivity contribution in [2.45, 2.75) is 12.6 Å². The Morgan fingerprint density at radius 3 is 2.68 bits per heavy atom. The number of hydrogen-bond donors (Lipinski definition) is 0. The molecule has 6 nitrogen and oxygen atoms in total. The maximum atomic E-state index is 12.7. The Bertz CT molecular complexity index is 853. The lowest BCUT2D eigenvalue weighted by molar-refractivity contribution is -0.128. The minimum absolute atomic E-state index is 0.0631. The van der Waals surface area contributed by atoms with E-state index in [0.29, 0.717) is 19.7 Å². The second kappa shape index (κ2) is 7.72. The van der Waals surface area contributed by atoms with E-state index >= 15 is 0 Å². The average molecular weight is 381 g/mol. The van der Waals surface area contributed by atoms with Gasteiger partial charge in [-0.1, -0.05) is 18.2 Å². The van der Waals surface area contributed by atoms with Crippen LogP contribution >= 0.6 is 0 Å². The fourth-order valence-electron chi connectivity index (χ4n) is 4.02. The molecule has 1 fully saturated rings. The molecule has 0 bridgehead atoms. The molecule has 0 spiro atoms. The van der Waals surface area contributed by atoms with Gasteiger partial charge in [0.1, 0.15) is 24.3 Å². The summed E-state index contributed by atoms with van der Waals surface area (Å²) in [6.07, 6.45) is 0.747. The van der Waals surface area contributed by atoms with Gasteiger partial charge in [0.2, 0.25) is 5.91 Å². The van der Waals surface area contributed by atoms with Gasteiger partial charge in [-0.3, -0.25) is 9.69 Å². The summed E-state index contributed by atoms with van der Waals surface area (Å²) in [5, 5.41) is 0. The van der Waals surface area contributed by atoms with Gasteiger partial charge < -0.3 is 19.3 Å². The zero-order valence-corrected chi connectivity index (χ0v) is 16.7. The zero-order valence-electron chi connectivity index (χ0n) is 16.7. The molecule has 2 aromatic rings. The Morgan fingerprint density at radius 2 is 1.93 bits per heavy atom. The van der Waals surface area contributed by atoms with E-state index in [1.54, 1.807) is 7.11 Å². The molecule has 2 aliphatic rings. The molecule has 4 rings (SSSR count). The van der Waals surface area contributed by atoms with Crippen molar-refractivity contribution in [3.8, 4) is 11.5 Å². The summed E-state index contributed by atoms with van der Waals surface area (Å²) >= 11 is 0. The van der Waals surface area contributed by atoms with Gasteiger partial charge in [-0.15, -0.1) is 0 Å². The number of hydrogen-bond acceptors (Lipinski definition) is 5. The molecule has 0 aliphatic carbocycles. The van der Waals surface area contributed by atoms with E-state index in [-0.39, 0.29) is 12.1 Å². The first-order chi connectivity index (χ1) is 13.6. The van der Waals surface area contributed by atoms with Gasteiger partial charge in [-0.25, -0.2) is 0 Å². The molecule has 2 aliphatic heterocycles. The van der Waals surface area contributed by atoms with Crippen LogP contribution in [-0.2, 0) is 11.2 Å². The molecular weight excluding hydrogens is 354 g/mol. The zero-order chi connectivity index (χ0) is 19.7. The van der Waals surface area contributed by atoms with Crippen molar-refractivity contribution in [1.82, 2.24) is 9.80 Å². The van der Waals surface area contributed by atoms with Gasteiger partial charge in [-0.05, 0) is 48.9 Å². The third kappa shape index (κ3) is 3.52. The van der Waals surface area contributed by atoms with Gasteiger partial charge in [0.25, 0.3) is 0 Å². The smallest absolute Gasteiger partial charge is 0.238 e. The van der Waals surface area contributed by atoms with Crippen LogP contribution in [-0.4, -0.2) is 63.2 Å². The van der Waals surface area contributed by atoms with Crippen molar-refractivity contribution in [1.29, 1.82) is 0 Å². The third-order valence-corrected chi connectivity index (χ3v) is 5.60. The normalized spacial score (nSPS) is 19.5. The Morgan fingerprint density at radius 1 is 1.14 bits per heavy atom. The van der Waals surface area contributed by atoms with Crippen molar-refractivity contribution in [2.75, 3.05) is 52.3 Å². The van der Waals surface area contributed by atoms with Crippen LogP contribution in [0.5, 0.6) is 11.5 Å². The van der Waals surface area contributed by atoms with E-state index in [0.717, 1.165) is 35.7 Å². The molecule has 2 aromatic carbocycles. The minimum atomic E-state index is -0.0631. The monoisotopic (exact) mass is 381 g/mol. The molecule has 28 heavy (non-hydrogen) atoms. The van der Waals surface area contributed by atoms with Gasteiger partial charge in [-0.2, -0.15) is 0 Å². The first-order valence-electron chi connectivity index (χ1n) is 9.67. The summed E-state index contributed by atoms with van der Waals surface area (Å²) in [5.41, 5.74) is 3.39. The van der Waals surface area contributed by atoms with Crippen LogP contribution in [0.1, 0.15) is 17.3 Å². The topological polar surface area (TPSA) is 45.3 Å². The number of benzene rings is 2. The van der Waals surface area contributed by atoms with E-state index in [1.807, 2.05) is 24.1 Å². The molecule has 1 saturated heterocycles.